The molecule has 0 heterocycles. The van der Waals surface area contributed by atoms with Gasteiger partial charge in [-0.2, -0.15) is 0 Å². The quantitative estimate of drug-likeness (QED) is 0.693. The molecule has 0 aromatic carbocycles. The maximum absolute atomic E-state index is 9.99. The Labute approximate surface area is 69.2 Å². The Bertz CT molecular complexity index is 187. The molecule has 0 radical (unpaired) electrons. The Balaban J connectivity index is 4.67. The van der Waals surface area contributed by atoms with E-state index in [-0.39, 0.29) is 0 Å². The maximum atomic E-state index is 9.99. The molecule has 0 rings (SSSR count). The van der Waals surface area contributed by atoms with E-state index in [0.717, 1.165) is 0 Å². The van der Waals surface area contributed by atoms with Gasteiger partial charge in [-0.05, 0) is 15.9 Å². The molecule has 0 bridgehead atoms. The Kier molecular flexibility index (Phi) is 3.38. The molecule has 6 heteroatoms. The van der Waals surface area contributed by atoms with E-state index >= 15 is 0 Å². The van der Waals surface area contributed by atoms with Crippen molar-refractivity contribution in [3.8, 4) is 0 Å². The highest BCUT2D eigenvalue weighted by molar-refractivity contribution is 9.12. The summed E-state index contributed by atoms with van der Waals surface area (Å²) in [5, 5.41) is 15.5. The molecular formula is C4H2BrClO4. The molecule has 0 atom stereocenters. The third-order valence-corrected chi connectivity index (χ3v) is 1.88. The number of aliphatic carboxylic acids is 2. The molecule has 4 nitrogen and oxygen atoms in total. The third kappa shape index (κ3) is 2.36. The number of carboxylic acid groups (broad SMARTS) is 2. The second-order valence-electron chi connectivity index (χ2n) is 1.24. The summed E-state index contributed by atoms with van der Waals surface area (Å²) in [6.07, 6.45) is 0. The van der Waals surface area contributed by atoms with Crippen LogP contribution in [0.5, 0.6) is 0 Å². The van der Waals surface area contributed by atoms with Crippen LogP contribution < -0.4 is 0 Å². The van der Waals surface area contributed by atoms with Gasteiger partial charge in [0.2, 0.25) is 0 Å². The van der Waals surface area contributed by atoms with Gasteiger partial charge in [0.15, 0.2) is 0 Å². The minimum Gasteiger partial charge on any atom is -0.477 e. The lowest BCUT2D eigenvalue weighted by atomic mass is 10.5. The van der Waals surface area contributed by atoms with Crippen LogP contribution in [0.15, 0.2) is 9.51 Å². The fraction of sp³-hybridized carbons (Fsp3) is 0. The molecule has 10 heavy (non-hydrogen) atoms. The zero-order chi connectivity index (χ0) is 8.31. The first-order valence-corrected chi connectivity index (χ1v) is 3.15. The van der Waals surface area contributed by atoms with Crippen molar-refractivity contribution >= 4 is 39.5 Å². The van der Waals surface area contributed by atoms with Crippen LogP contribution in [0.1, 0.15) is 0 Å². The number of halogens is 2. The number of carbonyl (C=O) groups is 2. The Morgan fingerprint density at radius 1 is 1.20 bits per heavy atom. The van der Waals surface area contributed by atoms with E-state index in [9.17, 15) is 9.59 Å². The molecule has 0 aliphatic heterocycles. The molecule has 0 saturated heterocycles. The number of hydrogen-bond acceptors (Lipinski definition) is 2. The lowest BCUT2D eigenvalue weighted by Crippen LogP contribution is -2.02. The normalized spacial score (nSPS) is 12.2. The van der Waals surface area contributed by atoms with Gasteiger partial charge in [-0.1, -0.05) is 11.6 Å². The summed E-state index contributed by atoms with van der Waals surface area (Å²) in [6.45, 7) is 0. The Hall–Kier alpha value is -0.550. The second kappa shape index (κ2) is 3.58. The van der Waals surface area contributed by atoms with Crippen LogP contribution in [-0.2, 0) is 9.59 Å². The van der Waals surface area contributed by atoms with Crippen molar-refractivity contribution in [2.75, 3.05) is 0 Å². The fourth-order valence-corrected chi connectivity index (χ4v) is 0.438. The van der Waals surface area contributed by atoms with E-state index in [1.54, 1.807) is 0 Å². The summed E-state index contributed by atoms with van der Waals surface area (Å²) in [5.41, 5.74) is 0. The average Bonchev–Trinajstić information content (AvgIpc) is 1.84. The van der Waals surface area contributed by atoms with Crippen LogP contribution in [0.25, 0.3) is 0 Å². The minimum atomic E-state index is -1.48. The highest BCUT2D eigenvalue weighted by atomic mass is 79.9. The van der Waals surface area contributed by atoms with E-state index in [0.29, 0.717) is 0 Å². The van der Waals surface area contributed by atoms with Crippen molar-refractivity contribution in [1.82, 2.24) is 0 Å². The van der Waals surface area contributed by atoms with Gasteiger partial charge in [-0.15, -0.1) is 0 Å². The van der Waals surface area contributed by atoms with Gasteiger partial charge >= 0.3 is 11.9 Å². The van der Waals surface area contributed by atoms with Gasteiger partial charge in [0.25, 0.3) is 0 Å². The van der Waals surface area contributed by atoms with E-state index in [1.165, 1.54) is 0 Å². The second-order valence-corrected chi connectivity index (χ2v) is 2.41. The van der Waals surface area contributed by atoms with Crippen molar-refractivity contribution in [3.63, 3.8) is 0 Å². The standard InChI is InChI=1S/C4H2BrClO4/c5-1(3(7)8)2(6)4(9)10/h(H,7,8)(H,9,10)/b2-1+. The van der Waals surface area contributed by atoms with E-state index < -0.39 is 21.5 Å². The fourth-order valence-electron chi connectivity index (χ4n) is 0.188. The molecule has 0 spiro atoms. The SMILES string of the molecule is O=C(O)/C(Cl)=C(\Br)C(=O)O. The molecule has 0 aliphatic carbocycles. The van der Waals surface area contributed by atoms with Crippen molar-refractivity contribution in [2.24, 2.45) is 0 Å². The van der Waals surface area contributed by atoms with Gasteiger partial charge < -0.3 is 10.2 Å². The first-order chi connectivity index (χ1) is 4.46. The van der Waals surface area contributed by atoms with E-state index in [1.807, 2.05) is 0 Å². The van der Waals surface area contributed by atoms with Gasteiger partial charge in [-0.3, -0.25) is 0 Å². The van der Waals surface area contributed by atoms with Crippen molar-refractivity contribution in [2.45, 2.75) is 0 Å². The Morgan fingerprint density at radius 3 is 1.70 bits per heavy atom. The summed E-state index contributed by atoms with van der Waals surface area (Å²) in [6, 6.07) is 0. The summed E-state index contributed by atoms with van der Waals surface area (Å²) >= 11 is 7.49. The van der Waals surface area contributed by atoms with Crippen LogP contribution in [0.4, 0.5) is 0 Å². The minimum absolute atomic E-state index is 0.554. The number of carboxylic acids is 2. The predicted molar refractivity (Wildman–Crippen MR) is 37.1 cm³/mol. The summed E-state index contributed by atoms with van der Waals surface area (Å²) < 4.78 is -0.554. The van der Waals surface area contributed by atoms with Gasteiger partial charge in [0.1, 0.15) is 9.51 Å². The molecule has 0 aromatic rings. The van der Waals surface area contributed by atoms with Gasteiger partial charge in [0.05, 0.1) is 0 Å². The van der Waals surface area contributed by atoms with Crippen molar-refractivity contribution < 1.29 is 19.8 Å². The molecule has 0 fully saturated rings. The third-order valence-electron chi connectivity index (χ3n) is 0.568. The maximum Gasteiger partial charge on any atom is 0.348 e. The van der Waals surface area contributed by atoms with Crippen LogP contribution in [0.2, 0.25) is 0 Å². The van der Waals surface area contributed by atoms with Crippen LogP contribution in [0, 0.1) is 0 Å². The average molecular weight is 229 g/mol. The molecule has 0 aliphatic rings. The molecule has 0 amide bonds. The van der Waals surface area contributed by atoms with E-state index in [2.05, 4.69) is 15.9 Å². The number of hydrogen-bond donors (Lipinski definition) is 2. The first-order valence-electron chi connectivity index (χ1n) is 1.98. The highest BCUT2D eigenvalue weighted by Crippen LogP contribution is 2.15. The first kappa shape index (κ1) is 9.45. The topological polar surface area (TPSA) is 74.6 Å². The largest absolute Gasteiger partial charge is 0.477 e. The molecule has 56 valence electrons. The summed E-state index contributed by atoms with van der Waals surface area (Å²) in [7, 11) is 0. The van der Waals surface area contributed by atoms with Gasteiger partial charge in [-0.25, -0.2) is 9.59 Å². The summed E-state index contributed by atoms with van der Waals surface area (Å²) in [4.78, 5) is 20.0. The molecule has 0 saturated carbocycles. The van der Waals surface area contributed by atoms with Crippen molar-refractivity contribution in [3.05, 3.63) is 9.51 Å². The zero-order valence-electron chi connectivity index (χ0n) is 4.47. The summed E-state index contributed by atoms with van der Waals surface area (Å²) in [5.74, 6) is -2.89. The van der Waals surface area contributed by atoms with Crippen molar-refractivity contribution in [1.29, 1.82) is 0 Å². The van der Waals surface area contributed by atoms with Gasteiger partial charge in [0, 0.05) is 0 Å². The monoisotopic (exact) mass is 228 g/mol. The van der Waals surface area contributed by atoms with Crippen LogP contribution >= 0.6 is 27.5 Å². The predicted octanol–water partition coefficient (Wildman–Crippen LogP) is 1.00. The Morgan fingerprint density at radius 2 is 1.60 bits per heavy atom. The van der Waals surface area contributed by atoms with Crippen LogP contribution in [-0.4, -0.2) is 22.2 Å². The number of rotatable bonds is 2. The molecule has 0 aromatic heterocycles. The van der Waals surface area contributed by atoms with E-state index in [4.69, 9.17) is 21.8 Å². The smallest absolute Gasteiger partial charge is 0.348 e. The molecule has 2 N–H and O–H groups in total. The lowest BCUT2D eigenvalue weighted by molar-refractivity contribution is -0.134. The zero-order valence-corrected chi connectivity index (χ0v) is 6.81. The molecular weight excluding hydrogens is 227 g/mol. The lowest BCUT2D eigenvalue weighted by Gasteiger charge is -1.91. The van der Waals surface area contributed by atoms with Crippen LogP contribution in [0.3, 0.4) is 0 Å². The highest BCUT2D eigenvalue weighted by Gasteiger charge is 2.14. The molecule has 0 unspecified atom stereocenters.